The molecular formula is C19H26ClN5O2. The van der Waals surface area contributed by atoms with Gasteiger partial charge in [0, 0.05) is 29.6 Å². The molecule has 1 N–H and O–H groups in total. The summed E-state index contributed by atoms with van der Waals surface area (Å²) in [6, 6.07) is 7.40. The molecule has 0 radical (unpaired) electrons. The maximum Gasteiger partial charge on any atom is 0.241 e. The molecule has 0 unspecified atom stereocenters. The van der Waals surface area contributed by atoms with Crippen LogP contribution in [0.15, 0.2) is 28.8 Å². The van der Waals surface area contributed by atoms with Gasteiger partial charge in [0.05, 0.1) is 6.54 Å². The second kappa shape index (κ2) is 9.30. The van der Waals surface area contributed by atoms with E-state index in [9.17, 15) is 4.79 Å². The zero-order valence-corrected chi connectivity index (χ0v) is 16.6. The highest BCUT2D eigenvalue weighted by Gasteiger charge is 2.25. The third-order valence-corrected chi connectivity index (χ3v) is 4.96. The Morgan fingerprint density at radius 3 is 2.85 bits per heavy atom. The first-order valence-electron chi connectivity index (χ1n) is 9.24. The van der Waals surface area contributed by atoms with Crippen molar-refractivity contribution in [1.82, 2.24) is 25.3 Å². The fraction of sp³-hybridized carbons (Fsp3) is 0.526. The van der Waals surface area contributed by atoms with Crippen molar-refractivity contribution in [2.45, 2.75) is 19.4 Å². The topological polar surface area (TPSA) is 74.5 Å². The number of nitrogens with zero attached hydrogens (tertiary/aromatic N) is 4. The predicted molar refractivity (Wildman–Crippen MR) is 104 cm³/mol. The number of hydrogen-bond donors (Lipinski definition) is 1. The maximum atomic E-state index is 12.2. The Hall–Kier alpha value is -1.96. The number of piperidine rings is 1. The monoisotopic (exact) mass is 391 g/mol. The van der Waals surface area contributed by atoms with E-state index in [0.717, 1.165) is 38.0 Å². The highest BCUT2D eigenvalue weighted by Crippen LogP contribution is 2.22. The van der Waals surface area contributed by atoms with Crippen LogP contribution in [0.4, 0.5) is 0 Å². The highest BCUT2D eigenvalue weighted by atomic mass is 35.5. The van der Waals surface area contributed by atoms with E-state index >= 15 is 0 Å². The van der Waals surface area contributed by atoms with Crippen LogP contribution >= 0.6 is 11.6 Å². The van der Waals surface area contributed by atoms with Gasteiger partial charge in [-0.25, -0.2) is 0 Å². The number of likely N-dealkylation sites (N-methyl/N-ethyl adjacent to an activating group) is 1. The first-order chi connectivity index (χ1) is 13.0. The minimum atomic E-state index is 0.0909. The summed E-state index contributed by atoms with van der Waals surface area (Å²) in [5, 5.41) is 7.71. The molecule has 146 valence electrons. The number of halogens is 1. The van der Waals surface area contributed by atoms with Crippen molar-refractivity contribution in [2.24, 2.45) is 5.92 Å². The summed E-state index contributed by atoms with van der Waals surface area (Å²) >= 11 is 6.01. The molecule has 1 saturated heterocycles. The van der Waals surface area contributed by atoms with E-state index < -0.39 is 0 Å². The van der Waals surface area contributed by atoms with Crippen molar-refractivity contribution in [3.63, 3.8) is 0 Å². The predicted octanol–water partition coefficient (Wildman–Crippen LogP) is 2.28. The molecule has 27 heavy (non-hydrogen) atoms. The Kier molecular flexibility index (Phi) is 6.82. The summed E-state index contributed by atoms with van der Waals surface area (Å²) in [4.78, 5) is 21.0. The Labute approximate surface area is 164 Å². The van der Waals surface area contributed by atoms with Gasteiger partial charge in [0.15, 0.2) is 0 Å². The lowest BCUT2D eigenvalue weighted by molar-refractivity contribution is -0.126. The molecular weight excluding hydrogens is 366 g/mol. The van der Waals surface area contributed by atoms with Crippen LogP contribution in [-0.2, 0) is 11.3 Å². The van der Waals surface area contributed by atoms with Gasteiger partial charge >= 0.3 is 0 Å². The molecule has 0 atom stereocenters. The Balaban J connectivity index is 1.46. The second-order valence-corrected chi connectivity index (χ2v) is 7.60. The average Bonchev–Trinajstić information content (AvgIpc) is 3.10. The molecule has 1 aliphatic heterocycles. The van der Waals surface area contributed by atoms with Gasteiger partial charge in [-0.1, -0.05) is 28.9 Å². The molecule has 7 nitrogen and oxygen atoms in total. The molecule has 1 aromatic carbocycles. The molecule has 0 bridgehead atoms. The van der Waals surface area contributed by atoms with Crippen LogP contribution in [-0.4, -0.2) is 66.1 Å². The van der Waals surface area contributed by atoms with E-state index in [1.54, 1.807) is 0 Å². The van der Waals surface area contributed by atoms with Gasteiger partial charge in [-0.3, -0.25) is 9.69 Å². The van der Waals surface area contributed by atoms with E-state index in [4.69, 9.17) is 16.1 Å². The molecule has 0 spiro atoms. The van der Waals surface area contributed by atoms with Crippen LogP contribution < -0.4 is 5.32 Å². The van der Waals surface area contributed by atoms with Crippen molar-refractivity contribution >= 4 is 17.5 Å². The Bertz CT molecular complexity index is 756. The zero-order chi connectivity index (χ0) is 19.2. The summed E-state index contributed by atoms with van der Waals surface area (Å²) in [5.41, 5.74) is 0.839. The van der Waals surface area contributed by atoms with Crippen molar-refractivity contribution in [1.29, 1.82) is 0 Å². The second-order valence-electron chi connectivity index (χ2n) is 7.17. The summed E-state index contributed by atoms with van der Waals surface area (Å²) in [5.74, 6) is 1.38. The smallest absolute Gasteiger partial charge is 0.241 e. The van der Waals surface area contributed by atoms with Crippen molar-refractivity contribution in [3.05, 3.63) is 35.2 Å². The molecule has 3 rings (SSSR count). The largest absolute Gasteiger partial charge is 0.355 e. The summed E-state index contributed by atoms with van der Waals surface area (Å²) in [7, 11) is 4.00. The first kappa shape index (κ1) is 19.8. The van der Waals surface area contributed by atoms with E-state index in [-0.39, 0.29) is 11.8 Å². The van der Waals surface area contributed by atoms with E-state index in [1.165, 1.54) is 0 Å². The number of likely N-dealkylation sites (tertiary alicyclic amines) is 1. The van der Waals surface area contributed by atoms with Crippen LogP contribution in [0, 0.1) is 5.92 Å². The van der Waals surface area contributed by atoms with Gasteiger partial charge in [-0.15, -0.1) is 0 Å². The molecule has 1 fully saturated rings. The molecule has 1 aromatic heterocycles. The lowest BCUT2D eigenvalue weighted by atomic mass is 9.96. The molecule has 2 heterocycles. The molecule has 0 saturated carbocycles. The van der Waals surface area contributed by atoms with Gasteiger partial charge in [0.2, 0.25) is 17.6 Å². The lowest BCUT2D eigenvalue weighted by Crippen LogP contribution is -2.41. The summed E-state index contributed by atoms with van der Waals surface area (Å²) < 4.78 is 5.38. The number of benzene rings is 1. The summed E-state index contributed by atoms with van der Waals surface area (Å²) in [6.45, 7) is 3.85. The van der Waals surface area contributed by atoms with Crippen LogP contribution in [0.1, 0.15) is 18.7 Å². The SMILES string of the molecule is CN(C)CCNC(=O)C1CCN(Cc2nc(-c3cccc(Cl)c3)no2)CC1. The standard InChI is InChI=1S/C19H26ClN5O2/c1-24(2)11-8-21-19(26)14-6-9-25(10-7-14)13-17-22-18(23-27-17)15-4-3-5-16(20)12-15/h3-5,12,14H,6-11,13H2,1-2H3,(H,21,26). The zero-order valence-electron chi connectivity index (χ0n) is 15.8. The molecule has 1 amide bonds. The third kappa shape index (κ3) is 5.76. The molecule has 8 heteroatoms. The van der Waals surface area contributed by atoms with Crippen molar-refractivity contribution in [2.75, 3.05) is 40.3 Å². The van der Waals surface area contributed by atoms with E-state index in [0.29, 0.717) is 29.8 Å². The number of nitrogens with one attached hydrogen (secondary N) is 1. The average molecular weight is 392 g/mol. The number of amides is 1. The first-order valence-corrected chi connectivity index (χ1v) is 9.62. The number of aromatic nitrogens is 2. The Morgan fingerprint density at radius 2 is 2.15 bits per heavy atom. The van der Waals surface area contributed by atoms with Gasteiger partial charge in [0.1, 0.15) is 0 Å². The van der Waals surface area contributed by atoms with E-state index in [2.05, 4.69) is 25.3 Å². The van der Waals surface area contributed by atoms with Crippen LogP contribution in [0.3, 0.4) is 0 Å². The minimum Gasteiger partial charge on any atom is -0.355 e. The maximum absolute atomic E-state index is 12.2. The number of carbonyl (C=O) groups is 1. The van der Waals surface area contributed by atoms with Crippen LogP contribution in [0.2, 0.25) is 5.02 Å². The van der Waals surface area contributed by atoms with Crippen molar-refractivity contribution in [3.8, 4) is 11.4 Å². The van der Waals surface area contributed by atoms with Crippen LogP contribution in [0.5, 0.6) is 0 Å². The third-order valence-electron chi connectivity index (χ3n) is 4.73. The molecule has 1 aliphatic rings. The van der Waals surface area contributed by atoms with Gasteiger partial charge < -0.3 is 14.7 Å². The number of rotatable bonds is 7. The quantitative estimate of drug-likeness (QED) is 0.780. The van der Waals surface area contributed by atoms with Crippen molar-refractivity contribution < 1.29 is 9.32 Å². The normalized spacial score (nSPS) is 16.0. The Morgan fingerprint density at radius 1 is 1.37 bits per heavy atom. The van der Waals surface area contributed by atoms with E-state index in [1.807, 2.05) is 38.4 Å². The molecule has 2 aromatic rings. The number of carbonyl (C=O) groups excluding carboxylic acids is 1. The minimum absolute atomic E-state index is 0.0909. The van der Waals surface area contributed by atoms with Gasteiger partial charge in [-0.05, 0) is 52.2 Å². The number of hydrogen-bond acceptors (Lipinski definition) is 6. The summed E-state index contributed by atoms with van der Waals surface area (Å²) in [6.07, 6.45) is 1.70. The van der Waals surface area contributed by atoms with Gasteiger partial charge in [0.25, 0.3) is 0 Å². The molecule has 0 aliphatic carbocycles. The van der Waals surface area contributed by atoms with Crippen LogP contribution in [0.25, 0.3) is 11.4 Å². The lowest BCUT2D eigenvalue weighted by Gasteiger charge is -2.30. The fourth-order valence-corrected chi connectivity index (χ4v) is 3.35. The highest BCUT2D eigenvalue weighted by molar-refractivity contribution is 6.30. The van der Waals surface area contributed by atoms with Gasteiger partial charge in [-0.2, -0.15) is 4.98 Å². The fourth-order valence-electron chi connectivity index (χ4n) is 3.16.